The molecule has 0 saturated heterocycles. The van der Waals surface area contributed by atoms with E-state index < -0.39 is 5.97 Å². The molecule has 0 amide bonds. The minimum atomic E-state index is -1.03. The average Bonchev–Trinajstić information content (AvgIpc) is 2.34. The lowest BCUT2D eigenvalue weighted by atomic mass is 10.2. The third kappa shape index (κ3) is 3.64. The lowest BCUT2D eigenvalue weighted by molar-refractivity contribution is 0.0697. The van der Waals surface area contributed by atoms with Gasteiger partial charge in [0.2, 0.25) is 0 Å². The molecule has 1 aromatic carbocycles. The number of carboxylic acids is 1. The number of nitrogens with zero attached hydrogens (tertiary/aromatic N) is 1. The predicted octanol–water partition coefficient (Wildman–Crippen LogP) is 2.37. The van der Waals surface area contributed by atoms with Gasteiger partial charge >= 0.3 is 5.97 Å². The Bertz CT molecular complexity index is 453. The summed E-state index contributed by atoms with van der Waals surface area (Å²) in [5.74, 6) is -0.544. The Balaban J connectivity index is 2.94. The van der Waals surface area contributed by atoms with Crippen molar-refractivity contribution in [3.05, 3.63) is 35.9 Å². The molecule has 2 N–H and O–H groups in total. The highest BCUT2D eigenvalue weighted by atomic mass is 16.5. The van der Waals surface area contributed by atoms with Crippen LogP contribution >= 0.6 is 0 Å². The van der Waals surface area contributed by atoms with Gasteiger partial charge in [-0.2, -0.15) is 5.10 Å². The topological polar surface area (TPSA) is 70.9 Å². The summed E-state index contributed by atoms with van der Waals surface area (Å²) < 4.78 is 4.96. The molecule has 0 aliphatic rings. The van der Waals surface area contributed by atoms with Crippen molar-refractivity contribution in [3.8, 4) is 5.75 Å². The van der Waals surface area contributed by atoms with Crippen LogP contribution in [-0.4, -0.2) is 24.4 Å². The summed E-state index contributed by atoms with van der Waals surface area (Å²) in [5.41, 5.74) is 3.19. The Morgan fingerprint density at radius 2 is 2.29 bits per heavy atom. The van der Waals surface area contributed by atoms with Crippen molar-refractivity contribution in [2.45, 2.75) is 6.92 Å². The predicted molar refractivity (Wildman–Crippen MR) is 66.9 cm³/mol. The number of ether oxygens (including phenoxy) is 1. The highest BCUT2D eigenvalue weighted by molar-refractivity contribution is 5.94. The molecule has 0 fully saturated rings. The lowest BCUT2D eigenvalue weighted by Crippen LogP contribution is -2.02. The van der Waals surface area contributed by atoms with Gasteiger partial charge in [0.05, 0.1) is 18.4 Å². The van der Waals surface area contributed by atoms with Crippen molar-refractivity contribution >= 4 is 17.9 Å². The van der Waals surface area contributed by atoms with Gasteiger partial charge in [-0.25, -0.2) is 4.79 Å². The Hall–Kier alpha value is -2.30. The summed E-state index contributed by atoms with van der Waals surface area (Å²) >= 11 is 0. The van der Waals surface area contributed by atoms with E-state index in [-0.39, 0.29) is 5.56 Å². The van der Waals surface area contributed by atoms with Gasteiger partial charge in [0.15, 0.2) is 0 Å². The molecule has 0 spiro atoms. The molecule has 5 heteroatoms. The molecule has 0 heterocycles. The van der Waals surface area contributed by atoms with Gasteiger partial charge in [-0.1, -0.05) is 6.08 Å². The van der Waals surface area contributed by atoms with E-state index in [0.29, 0.717) is 11.4 Å². The first-order valence-corrected chi connectivity index (χ1v) is 5.00. The van der Waals surface area contributed by atoms with Gasteiger partial charge in [0.25, 0.3) is 0 Å². The monoisotopic (exact) mass is 234 g/mol. The van der Waals surface area contributed by atoms with E-state index in [2.05, 4.69) is 10.5 Å². The number of carbonyl (C=O) groups is 1. The molecule has 0 unspecified atom stereocenters. The molecule has 5 nitrogen and oxygen atoms in total. The Morgan fingerprint density at radius 3 is 2.88 bits per heavy atom. The number of nitrogens with one attached hydrogen (secondary N) is 1. The zero-order chi connectivity index (χ0) is 12.7. The number of benzene rings is 1. The Kier molecular flexibility index (Phi) is 4.75. The SMILES string of the molecule is C/C=C/C=N/Nc1ccc(OC)cc1C(=O)O. The van der Waals surface area contributed by atoms with Crippen LogP contribution in [0.25, 0.3) is 0 Å². The van der Waals surface area contributed by atoms with Crippen molar-refractivity contribution in [1.29, 1.82) is 0 Å². The van der Waals surface area contributed by atoms with E-state index in [1.54, 1.807) is 18.2 Å². The summed E-state index contributed by atoms with van der Waals surface area (Å²) in [6, 6.07) is 4.71. The summed E-state index contributed by atoms with van der Waals surface area (Å²) in [5, 5.41) is 12.9. The number of anilines is 1. The van der Waals surface area contributed by atoms with E-state index >= 15 is 0 Å². The van der Waals surface area contributed by atoms with Gasteiger partial charge < -0.3 is 9.84 Å². The van der Waals surface area contributed by atoms with Crippen LogP contribution in [-0.2, 0) is 0 Å². The van der Waals surface area contributed by atoms with Crippen LogP contribution in [0.3, 0.4) is 0 Å². The van der Waals surface area contributed by atoms with Crippen LogP contribution < -0.4 is 10.2 Å². The van der Waals surface area contributed by atoms with Crippen molar-refractivity contribution in [1.82, 2.24) is 0 Å². The second kappa shape index (κ2) is 6.32. The number of allylic oxidation sites excluding steroid dienone is 2. The Labute approximate surface area is 99.4 Å². The first-order chi connectivity index (χ1) is 8.19. The van der Waals surface area contributed by atoms with Crippen LogP contribution in [0.2, 0.25) is 0 Å². The quantitative estimate of drug-likeness (QED) is 0.606. The maximum atomic E-state index is 11.0. The zero-order valence-electron chi connectivity index (χ0n) is 9.68. The molecule has 17 heavy (non-hydrogen) atoms. The number of methoxy groups -OCH3 is 1. The maximum absolute atomic E-state index is 11.0. The largest absolute Gasteiger partial charge is 0.497 e. The molecule has 0 atom stereocenters. The van der Waals surface area contributed by atoms with Crippen molar-refractivity contribution < 1.29 is 14.6 Å². The smallest absolute Gasteiger partial charge is 0.338 e. The molecule has 1 aromatic rings. The molecule has 0 aliphatic heterocycles. The van der Waals surface area contributed by atoms with E-state index in [1.165, 1.54) is 19.4 Å². The van der Waals surface area contributed by atoms with Gasteiger partial charge in [-0.05, 0) is 31.2 Å². The van der Waals surface area contributed by atoms with Gasteiger partial charge in [0, 0.05) is 6.21 Å². The van der Waals surface area contributed by atoms with Crippen LogP contribution in [0.1, 0.15) is 17.3 Å². The van der Waals surface area contributed by atoms with Gasteiger partial charge in [-0.15, -0.1) is 0 Å². The molecule has 90 valence electrons. The summed E-state index contributed by atoms with van der Waals surface area (Å²) in [6.45, 7) is 1.86. The summed E-state index contributed by atoms with van der Waals surface area (Å²) in [6.07, 6.45) is 5.09. The summed E-state index contributed by atoms with van der Waals surface area (Å²) in [4.78, 5) is 11.0. The third-order valence-corrected chi connectivity index (χ3v) is 2.00. The first-order valence-electron chi connectivity index (χ1n) is 5.00. The van der Waals surface area contributed by atoms with Gasteiger partial charge in [0.1, 0.15) is 5.75 Å². The lowest BCUT2D eigenvalue weighted by Gasteiger charge is -2.07. The normalized spacial score (nSPS) is 10.9. The van der Waals surface area contributed by atoms with Crippen molar-refractivity contribution in [2.75, 3.05) is 12.5 Å². The zero-order valence-corrected chi connectivity index (χ0v) is 9.68. The van der Waals surface area contributed by atoms with E-state index in [0.717, 1.165) is 0 Å². The molecule has 0 aliphatic carbocycles. The molecule has 1 rings (SSSR count). The second-order valence-electron chi connectivity index (χ2n) is 3.13. The fourth-order valence-corrected chi connectivity index (χ4v) is 1.16. The van der Waals surface area contributed by atoms with Crippen LogP contribution in [0, 0.1) is 0 Å². The van der Waals surface area contributed by atoms with Crippen LogP contribution in [0.5, 0.6) is 5.75 Å². The molecule has 0 radical (unpaired) electrons. The molecule has 0 bridgehead atoms. The number of hydrazone groups is 1. The highest BCUT2D eigenvalue weighted by Crippen LogP contribution is 2.21. The number of aromatic carboxylic acids is 1. The Morgan fingerprint density at radius 1 is 1.53 bits per heavy atom. The van der Waals surface area contributed by atoms with Crippen LogP contribution in [0.15, 0.2) is 35.5 Å². The number of carboxylic acid groups (broad SMARTS) is 1. The second-order valence-corrected chi connectivity index (χ2v) is 3.13. The molecular weight excluding hydrogens is 220 g/mol. The van der Waals surface area contributed by atoms with Crippen molar-refractivity contribution in [2.24, 2.45) is 5.10 Å². The maximum Gasteiger partial charge on any atom is 0.338 e. The minimum Gasteiger partial charge on any atom is -0.497 e. The highest BCUT2D eigenvalue weighted by Gasteiger charge is 2.10. The number of rotatable bonds is 5. The fourth-order valence-electron chi connectivity index (χ4n) is 1.16. The summed E-state index contributed by atoms with van der Waals surface area (Å²) in [7, 11) is 1.48. The molecule has 0 saturated carbocycles. The average molecular weight is 234 g/mol. The minimum absolute atomic E-state index is 0.113. The van der Waals surface area contributed by atoms with E-state index in [4.69, 9.17) is 9.84 Å². The molecule has 0 aromatic heterocycles. The van der Waals surface area contributed by atoms with E-state index in [1.807, 2.05) is 13.0 Å². The number of hydrogen-bond acceptors (Lipinski definition) is 4. The molecular formula is C12H14N2O3. The van der Waals surface area contributed by atoms with Gasteiger partial charge in [-0.3, -0.25) is 5.43 Å². The van der Waals surface area contributed by atoms with Crippen molar-refractivity contribution in [3.63, 3.8) is 0 Å². The standard InChI is InChI=1S/C12H14N2O3/c1-3-4-7-13-14-11-6-5-9(17-2)8-10(11)12(15)16/h3-8,14H,1-2H3,(H,15,16)/b4-3+,13-7+. The third-order valence-electron chi connectivity index (χ3n) is 2.00. The van der Waals surface area contributed by atoms with Crippen LogP contribution in [0.4, 0.5) is 5.69 Å². The first kappa shape index (κ1) is 12.8. The number of hydrogen-bond donors (Lipinski definition) is 2. The van der Waals surface area contributed by atoms with E-state index in [9.17, 15) is 4.79 Å². The fraction of sp³-hybridized carbons (Fsp3) is 0.167.